The number of hydrogen-bond donors (Lipinski definition) is 1. The minimum absolute atomic E-state index is 0.150. The summed E-state index contributed by atoms with van der Waals surface area (Å²) in [7, 11) is 0. The summed E-state index contributed by atoms with van der Waals surface area (Å²) in [6.07, 6.45) is 1.80. The number of phenolic OH excluding ortho intramolecular Hbond substituents is 1. The molecule has 0 aliphatic heterocycles. The zero-order chi connectivity index (χ0) is 22.5. The van der Waals surface area contributed by atoms with Gasteiger partial charge in [-0.25, -0.2) is 9.97 Å². The van der Waals surface area contributed by atoms with Gasteiger partial charge < -0.3 is 9.84 Å². The van der Waals surface area contributed by atoms with Crippen LogP contribution in [0.2, 0.25) is 0 Å². The minimum Gasteiger partial charge on any atom is -0.506 e. The Labute approximate surface area is 190 Å². The first-order valence-corrected chi connectivity index (χ1v) is 10.8. The highest BCUT2D eigenvalue weighted by Gasteiger charge is 2.15. The monoisotopic (exact) mass is 431 g/mol. The van der Waals surface area contributed by atoms with Gasteiger partial charge in [0.1, 0.15) is 22.8 Å². The highest BCUT2D eigenvalue weighted by atomic mass is 16.5. The molecule has 0 aliphatic carbocycles. The highest BCUT2D eigenvalue weighted by molar-refractivity contribution is 6.09. The molecule has 0 spiro atoms. The smallest absolute Gasteiger partial charge is 0.219 e. The quantitative estimate of drug-likeness (QED) is 0.333. The Morgan fingerprint density at radius 3 is 2.55 bits per heavy atom. The van der Waals surface area contributed by atoms with Gasteiger partial charge >= 0.3 is 0 Å². The third kappa shape index (κ3) is 3.26. The van der Waals surface area contributed by atoms with Crippen LogP contribution in [-0.2, 0) is 0 Å². The fraction of sp³-hybridized carbons (Fsp3) is 0.0714. The molecule has 0 fully saturated rings. The number of benzene rings is 3. The van der Waals surface area contributed by atoms with E-state index >= 15 is 0 Å². The van der Waals surface area contributed by atoms with Crippen molar-refractivity contribution in [2.45, 2.75) is 13.8 Å². The van der Waals surface area contributed by atoms with Gasteiger partial charge in [0, 0.05) is 34.5 Å². The molecular weight excluding hydrogens is 410 g/mol. The number of rotatable bonds is 3. The molecule has 0 unspecified atom stereocenters. The molecule has 33 heavy (non-hydrogen) atoms. The van der Waals surface area contributed by atoms with Crippen molar-refractivity contribution in [1.82, 2.24) is 14.5 Å². The lowest BCUT2D eigenvalue weighted by Gasteiger charge is -2.09. The Balaban J connectivity index is 1.51. The second-order valence-electron chi connectivity index (χ2n) is 8.33. The van der Waals surface area contributed by atoms with Gasteiger partial charge in [-0.15, -0.1) is 0 Å². The summed E-state index contributed by atoms with van der Waals surface area (Å²) in [5.74, 6) is 2.09. The van der Waals surface area contributed by atoms with Crippen LogP contribution in [0.5, 0.6) is 17.4 Å². The van der Waals surface area contributed by atoms with E-state index in [0.29, 0.717) is 17.1 Å². The maximum Gasteiger partial charge on any atom is 0.219 e. The molecular formula is C28H21N3O2. The standard InChI is InChI=1S/C28H21N3O2/c1-17-6-10-23-22(14-17)21-9-8-20(16-24(21)31(23)26-5-3-4-12-29-26)33-27-11-7-19-13-18(2)15-25(32)28(19)30-27/h3-16,32H,1-2H3. The number of phenols is 1. The van der Waals surface area contributed by atoms with Gasteiger partial charge in [0.15, 0.2) is 0 Å². The van der Waals surface area contributed by atoms with E-state index in [1.807, 2.05) is 55.5 Å². The first-order valence-electron chi connectivity index (χ1n) is 10.8. The zero-order valence-corrected chi connectivity index (χ0v) is 18.3. The predicted molar refractivity (Wildman–Crippen MR) is 132 cm³/mol. The maximum atomic E-state index is 10.3. The van der Waals surface area contributed by atoms with Crippen molar-refractivity contribution in [2.75, 3.05) is 0 Å². The molecule has 0 amide bonds. The number of fused-ring (bicyclic) bond motifs is 4. The molecule has 6 rings (SSSR count). The Hall–Kier alpha value is -4.38. The van der Waals surface area contributed by atoms with Gasteiger partial charge in [0.2, 0.25) is 5.88 Å². The summed E-state index contributed by atoms with van der Waals surface area (Å²) in [4.78, 5) is 9.13. The molecule has 0 saturated carbocycles. The Kier molecular flexibility index (Phi) is 4.30. The lowest BCUT2D eigenvalue weighted by molar-refractivity contribution is 0.460. The molecule has 3 aromatic carbocycles. The molecule has 0 bridgehead atoms. The van der Waals surface area contributed by atoms with Crippen LogP contribution >= 0.6 is 0 Å². The molecule has 0 saturated heterocycles. The first-order chi connectivity index (χ1) is 16.1. The second-order valence-corrected chi connectivity index (χ2v) is 8.33. The van der Waals surface area contributed by atoms with Crippen LogP contribution in [0.4, 0.5) is 0 Å². The van der Waals surface area contributed by atoms with Crippen LogP contribution in [-0.4, -0.2) is 19.6 Å². The van der Waals surface area contributed by atoms with Crippen molar-refractivity contribution in [1.29, 1.82) is 0 Å². The molecule has 160 valence electrons. The highest BCUT2D eigenvalue weighted by Crippen LogP contribution is 2.35. The summed E-state index contributed by atoms with van der Waals surface area (Å²) >= 11 is 0. The van der Waals surface area contributed by atoms with Gasteiger partial charge in [-0.05, 0) is 74.0 Å². The number of pyridine rings is 2. The summed E-state index contributed by atoms with van der Waals surface area (Å²) in [5, 5.41) is 13.5. The number of ether oxygens (including phenoxy) is 1. The normalized spacial score (nSPS) is 11.5. The number of hydrogen-bond acceptors (Lipinski definition) is 4. The maximum absolute atomic E-state index is 10.3. The Morgan fingerprint density at radius 1 is 0.788 bits per heavy atom. The topological polar surface area (TPSA) is 60.2 Å². The predicted octanol–water partition coefficient (Wildman–Crippen LogP) is 6.84. The molecule has 0 radical (unpaired) electrons. The molecule has 5 heteroatoms. The van der Waals surface area contributed by atoms with Crippen LogP contribution in [0.25, 0.3) is 38.5 Å². The third-order valence-electron chi connectivity index (χ3n) is 5.89. The van der Waals surface area contributed by atoms with Gasteiger partial charge in [0.05, 0.1) is 11.0 Å². The zero-order valence-electron chi connectivity index (χ0n) is 18.3. The van der Waals surface area contributed by atoms with E-state index in [-0.39, 0.29) is 5.75 Å². The SMILES string of the molecule is Cc1cc(O)c2nc(Oc3ccc4c5cc(C)ccc5n(-c5ccccn5)c4c3)ccc2c1. The van der Waals surface area contributed by atoms with E-state index in [2.05, 4.69) is 45.7 Å². The third-order valence-corrected chi connectivity index (χ3v) is 5.89. The molecule has 6 aromatic rings. The van der Waals surface area contributed by atoms with E-state index in [1.165, 1.54) is 10.9 Å². The van der Waals surface area contributed by atoms with E-state index < -0.39 is 0 Å². The van der Waals surface area contributed by atoms with Crippen LogP contribution in [0, 0.1) is 13.8 Å². The Morgan fingerprint density at radius 2 is 1.70 bits per heavy atom. The summed E-state index contributed by atoms with van der Waals surface area (Å²) in [5.41, 5.74) is 4.82. The second kappa shape index (κ2) is 7.35. The lowest BCUT2D eigenvalue weighted by Crippen LogP contribution is -1.96. The van der Waals surface area contributed by atoms with E-state index in [9.17, 15) is 5.11 Å². The number of aromatic nitrogens is 3. The summed E-state index contributed by atoms with van der Waals surface area (Å²) < 4.78 is 8.29. The average molecular weight is 431 g/mol. The van der Waals surface area contributed by atoms with Gasteiger partial charge in [-0.2, -0.15) is 0 Å². The molecule has 1 N–H and O–H groups in total. The fourth-order valence-electron chi connectivity index (χ4n) is 4.43. The first kappa shape index (κ1) is 19.3. The number of nitrogens with zero attached hydrogens (tertiary/aromatic N) is 3. The van der Waals surface area contributed by atoms with Crippen molar-refractivity contribution in [3.05, 3.63) is 96.2 Å². The van der Waals surface area contributed by atoms with Crippen LogP contribution in [0.1, 0.15) is 11.1 Å². The minimum atomic E-state index is 0.150. The van der Waals surface area contributed by atoms with Crippen molar-refractivity contribution < 1.29 is 9.84 Å². The van der Waals surface area contributed by atoms with Gasteiger partial charge in [-0.3, -0.25) is 4.57 Å². The largest absolute Gasteiger partial charge is 0.506 e. The average Bonchev–Trinajstić information content (AvgIpc) is 3.13. The number of aryl methyl sites for hydroxylation is 2. The van der Waals surface area contributed by atoms with Crippen molar-refractivity contribution in [2.24, 2.45) is 0 Å². The number of aromatic hydroxyl groups is 1. The van der Waals surface area contributed by atoms with E-state index in [1.54, 1.807) is 12.3 Å². The molecule has 5 nitrogen and oxygen atoms in total. The molecule has 0 aliphatic rings. The van der Waals surface area contributed by atoms with E-state index in [0.717, 1.165) is 33.2 Å². The Bertz CT molecular complexity index is 1670. The summed E-state index contributed by atoms with van der Waals surface area (Å²) in [6, 6.07) is 25.8. The van der Waals surface area contributed by atoms with Crippen molar-refractivity contribution >= 4 is 32.7 Å². The van der Waals surface area contributed by atoms with Crippen molar-refractivity contribution in [3.63, 3.8) is 0 Å². The van der Waals surface area contributed by atoms with Crippen LogP contribution < -0.4 is 4.74 Å². The van der Waals surface area contributed by atoms with Gasteiger partial charge in [-0.1, -0.05) is 17.7 Å². The van der Waals surface area contributed by atoms with E-state index in [4.69, 9.17) is 4.74 Å². The molecule has 3 aromatic heterocycles. The fourth-order valence-corrected chi connectivity index (χ4v) is 4.43. The van der Waals surface area contributed by atoms with Crippen LogP contribution in [0.15, 0.2) is 85.1 Å². The molecule has 3 heterocycles. The van der Waals surface area contributed by atoms with Gasteiger partial charge in [0.25, 0.3) is 0 Å². The lowest BCUT2D eigenvalue weighted by atomic mass is 10.1. The molecule has 0 atom stereocenters. The summed E-state index contributed by atoms with van der Waals surface area (Å²) in [6.45, 7) is 4.05. The van der Waals surface area contributed by atoms with Crippen molar-refractivity contribution in [3.8, 4) is 23.2 Å². The van der Waals surface area contributed by atoms with Crippen LogP contribution in [0.3, 0.4) is 0 Å².